The second-order valence-electron chi connectivity index (χ2n) is 6.12. The molecule has 0 aliphatic rings. The van der Waals surface area contributed by atoms with Crippen LogP contribution in [0.5, 0.6) is 11.6 Å². The van der Waals surface area contributed by atoms with E-state index in [0.717, 1.165) is 39.4 Å². The van der Waals surface area contributed by atoms with Crippen LogP contribution in [0.1, 0.15) is 29.3 Å². The predicted octanol–water partition coefficient (Wildman–Crippen LogP) is 6.39. The third kappa shape index (κ3) is 4.99. The molecule has 0 saturated heterocycles. The Morgan fingerprint density at radius 2 is 1.88 bits per heavy atom. The molecule has 2 aromatic carbocycles. The maximum atomic E-state index is 6.08. The average molecular weight is 385 g/mol. The van der Waals surface area contributed by atoms with Gasteiger partial charge in [0, 0.05) is 22.5 Å². The molecule has 0 spiro atoms. The minimum Gasteiger partial charge on any atom is -0.439 e. The molecule has 0 radical (unpaired) electrons. The zero-order valence-corrected chi connectivity index (χ0v) is 16.7. The highest BCUT2D eigenvalue weighted by molar-refractivity contribution is 7.98. The van der Waals surface area contributed by atoms with E-state index in [1.165, 1.54) is 11.1 Å². The van der Waals surface area contributed by atoms with Gasteiger partial charge >= 0.3 is 0 Å². The third-order valence-electron chi connectivity index (χ3n) is 3.90. The van der Waals surface area contributed by atoms with Gasteiger partial charge in [-0.3, -0.25) is 0 Å². The Kier molecular flexibility index (Phi) is 6.17. The minimum atomic E-state index is 0.560. The molecule has 0 atom stereocenters. The summed E-state index contributed by atoms with van der Waals surface area (Å²) in [6.45, 7) is 6.13. The van der Waals surface area contributed by atoms with Gasteiger partial charge in [0.2, 0.25) is 5.88 Å². The van der Waals surface area contributed by atoms with Crippen LogP contribution in [0, 0.1) is 13.8 Å². The summed E-state index contributed by atoms with van der Waals surface area (Å²) < 4.78 is 5.95. The third-order valence-corrected chi connectivity index (χ3v) is 5.24. The first kappa shape index (κ1) is 18.7. The standard InChI is InChI=1S/C21H21ClN2OS/c1-4-17-12-20(25-18-8-9-19(22)15(3)11-18)24-21(23-17)26-13-16-7-5-6-14(2)10-16/h5-12H,4,13H2,1-3H3. The summed E-state index contributed by atoms with van der Waals surface area (Å²) in [5, 5.41) is 1.45. The molecular weight excluding hydrogens is 364 g/mol. The van der Waals surface area contributed by atoms with Crippen molar-refractivity contribution in [1.82, 2.24) is 9.97 Å². The van der Waals surface area contributed by atoms with Gasteiger partial charge in [0.15, 0.2) is 5.16 Å². The molecule has 5 heteroatoms. The smallest absolute Gasteiger partial charge is 0.223 e. The SMILES string of the molecule is CCc1cc(Oc2ccc(Cl)c(C)c2)nc(SCc2cccc(C)c2)n1. The highest BCUT2D eigenvalue weighted by Gasteiger charge is 2.08. The molecule has 0 aliphatic heterocycles. The molecular formula is C21H21ClN2OS. The summed E-state index contributed by atoms with van der Waals surface area (Å²) in [5.74, 6) is 2.11. The number of aromatic nitrogens is 2. The molecule has 3 aromatic rings. The van der Waals surface area contributed by atoms with Gasteiger partial charge in [-0.15, -0.1) is 0 Å². The van der Waals surface area contributed by atoms with Gasteiger partial charge in [0.1, 0.15) is 5.75 Å². The summed E-state index contributed by atoms with van der Waals surface area (Å²) in [5.41, 5.74) is 4.46. The van der Waals surface area contributed by atoms with E-state index in [4.69, 9.17) is 16.3 Å². The Morgan fingerprint density at radius 3 is 2.62 bits per heavy atom. The Morgan fingerprint density at radius 1 is 1.04 bits per heavy atom. The van der Waals surface area contributed by atoms with Crippen molar-refractivity contribution in [2.45, 2.75) is 38.1 Å². The lowest BCUT2D eigenvalue weighted by atomic mass is 10.2. The number of ether oxygens (including phenoxy) is 1. The largest absolute Gasteiger partial charge is 0.439 e. The van der Waals surface area contributed by atoms with Crippen molar-refractivity contribution >= 4 is 23.4 Å². The highest BCUT2D eigenvalue weighted by Crippen LogP contribution is 2.28. The lowest BCUT2D eigenvalue weighted by molar-refractivity contribution is 0.453. The molecule has 0 saturated carbocycles. The number of halogens is 1. The highest BCUT2D eigenvalue weighted by atomic mass is 35.5. The van der Waals surface area contributed by atoms with Crippen LogP contribution in [-0.2, 0) is 12.2 Å². The van der Waals surface area contributed by atoms with Gasteiger partial charge in [-0.05, 0) is 49.6 Å². The van der Waals surface area contributed by atoms with E-state index in [1.807, 2.05) is 31.2 Å². The van der Waals surface area contributed by atoms with Crippen LogP contribution in [0.25, 0.3) is 0 Å². The van der Waals surface area contributed by atoms with E-state index in [2.05, 4.69) is 48.1 Å². The molecule has 0 unspecified atom stereocenters. The normalized spacial score (nSPS) is 10.8. The number of nitrogens with zero attached hydrogens (tertiary/aromatic N) is 2. The fourth-order valence-electron chi connectivity index (χ4n) is 2.50. The quantitative estimate of drug-likeness (QED) is 0.364. The van der Waals surface area contributed by atoms with Crippen molar-refractivity contribution in [2.24, 2.45) is 0 Å². The summed E-state index contributed by atoms with van der Waals surface area (Å²) in [6, 6.07) is 16.0. The minimum absolute atomic E-state index is 0.560. The van der Waals surface area contributed by atoms with Crippen LogP contribution in [0.4, 0.5) is 0 Å². The maximum Gasteiger partial charge on any atom is 0.223 e. The zero-order valence-electron chi connectivity index (χ0n) is 15.1. The van der Waals surface area contributed by atoms with Gasteiger partial charge in [0.25, 0.3) is 0 Å². The summed E-state index contributed by atoms with van der Waals surface area (Å²) >= 11 is 7.70. The molecule has 134 valence electrons. The summed E-state index contributed by atoms with van der Waals surface area (Å²) in [7, 11) is 0. The van der Waals surface area contributed by atoms with Crippen LogP contribution in [-0.4, -0.2) is 9.97 Å². The number of benzene rings is 2. The fraction of sp³-hybridized carbons (Fsp3) is 0.238. The summed E-state index contributed by atoms with van der Waals surface area (Å²) in [6.07, 6.45) is 0.830. The van der Waals surface area contributed by atoms with Crippen molar-refractivity contribution in [3.05, 3.63) is 75.9 Å². The van der Waals surface area contributed by atoms with Gasteiger partial charge in [-0.2, -0.15) is 4.98 Å². The van der Waals surface area contributed by atoms with Crippen molar-refractivity contribution in [3.63, 3.8) is 0 Å². The Balaban J connectivity index is 1.78. The van der Waals surface area contributed by atoms with E-state index in [-0.39, 0.29) is 0 Å². The Hall–Kier alpha value is -2.04. The first-order chi connectivity index (χ1) is 12.5. The first-order valence-corrected chi connectivity index (χ1v) is 9.90. The topological polar surface area (TPSA) is 35.0 Å². The summed E-state index contributed by atoms with van der Waals surface area (Å²) in [4.78, 5) is 9.18. The van der Waals surface area contributed by atoms with Gasteiger partial charge in [-0.1, -0.05) is 60.1 Å². The zero-order chi connectivity index (χ0) is 18.5. The molecule has 0 fully saturated rings. The van der Waals surface area contributed by atoms with E-state index in [1.54, 1.807) is 11.8 Å². The van der Waals surface area contributed by atoms with E-state index in [0.29, 0.717) is 5.88 Å². The predicted molar refractivity (Wildman–Crippen MR) is 108 cm³/mol. The lowest BCUT2D eigenvalue weighted by Gasteiger charge is -2.09. The number of thioether (sulfide) groups is 1. The van der Waals surface area contributed by atoms with Crippen molar-refractivity contribution in [1.29, 1.82) is 0 Å². The van der Waals surface area contributed by atoms with Crippen LogP contribution < -0.4 is 4.74 Å². The second-order valence-corrected chi connectivity index (χ2v) is 7.47. The first-order valence-electron chi connectivity index (χ1n) is 8.54. The van der Waals surface area contributed by atoms with Crippen LogP contribution in [0.15, 0.2) is 53.7 Å². The van der Waals surface area contributed by atoms with Gasteiger partial charge in [0.05, 0.1) is 0 Å². The molecule has 3 nitrogen and oxygen atoms in total. The van der Waals surface area contributed by atoms with Gasteiger partial charge < -0.3 is 4.74 Å². The number of hydrogen-bond donors (Lipinski definition) is 0. The Bertz CT molecular complexity index is 914. The van der Waals surface area contributed by atoms with E-state index >= 15 is 0 Å². The number of rotatable bonds is 6. The van der Waals surface area contributed by atoms with Crippen molar-refractivity contribution in [2.75, 3.05) is 0 Å². The molecule has 26 heavy (non-hydrogen) atoms. The molecule has 0 amide bonds. The van der Waals surface area contributed by atoms with Crippen LogP contribution in [0.3, 0.4) is 0 Å². The molecule has 0 N–H and O–H groups in total. The molecule has 1 heterocycles. The molecule has 3 rings (SSSR count). The molecule has 0 aliphatic carbocycles. The second kappa shape index (κ2) is 8.56. The molecule has 1 aromatic heterocycles. The van der Waals surface area contributed by atoms with Crippen molar-refractivity contribution < 1.29 is 4.74 Å². The van der Waals surface area contributed by atoms with Crippen molar-refractivity contribution in [3.8, 4) is 11.6 Å². The van der Waals surface area contributed by atoms with Gasteiger partial charge in [-0.25, -0.2) is 4.98 Å². The number of hydrogen-bond acceptors (Lipinski definition) is 4. The Labute approximate surface area is 163 Å². The maximum absolute atomic E-state index is 6.08. The monoisotopic (exact) mass is 384 g/mol. The fourth-order valence-corrected chi connectivity index (χ4v) is 3.43. The molecule has 0 bridgehead atoms. The average Bonchev–Trinajstić information content (AvgIpc) is 2.63. The lowest BCUT2D eigenvalue weighted by Crippen LogP contribution is -1.97. The van der Waals surface area contributed by atoms with E-state index < -0.39 is 0 Å². The van der Waals surface area contributed by atoms with E-state index in [9.17, 15) is 0 Å². The number of aryl methyl sites for hydroxylation is 3. The van der Waals surface area contributed by atoms with Crippen LogP contribution in [0.2, 0.25) is 5.02 Å². The van der Waals surface area contributed by atoms with Crippen LogP contribution >= 0.6 is 23.4 Å².